The van der Waals surface area contributed by atoms with E-state index in [1.165, 1.54) is 24.1 Å². The second-order valence-corrected chi connectivity index (χ2v) is 12.6. The fourth-order valence-corrected chi connectivity index (χ4v) is 7.86. The number of halogens is 2. The van der Waals surface area contributed by atoms with Crippen molar-refractivity contribution in [1.82, 2.24) is 0 Å². The lowest BCUT2D eigenvalue weighted by atomic mass is 9.81. The van der Waals surface area contributed by atoms with Crippen LogP contribution in [0.1, 0.15) is 38.8 Å². The van der Waals surface area contributed by atoms with Crippen molar-refractivity contribution in [3.8, 4) is 0 Å². The predicted octanol–water partition coefficient (Wildman–Crippen LogP) is 7.34. The van der Waals surface area contributed by atoms with Crippen molar-refractivity contribution in [2.45, 2.75) is 38.5 Å². The lowest BCUT2D eigenvalue weighted by Gasteiger charge is -2.25. The minimum absolute atomic E-state index is 0.0546. The third kappa shape index (κ3) is 4.86. The molecule has 0 spiro atoms. The van der Waals surface area contributed by atoms with E-state index in [9.17, 15) is 9.90 Å². The fourth-order valence-electron chi connectivity index (χ4n) is 5.37. The van der Waals surface area contributed by atoms with Gasteiger partial charge >= 0.3 is 5.97 Å². The quantitative estimate of drug-likeness (QED) is 0.195. The Morgan fingerprint density at radius 1 is 1.00 bits per heavy atom. The molecule has 2 aromatic rings. The molecule has 0 saturated carbocycles. The summed E-state index contributed by atoms with van der Waals surface area (Å²) >= 11 is 4.83. The van der Waals surface area contributed by atoms with Gasteiger partial charge in [-0.2, -0.15) is 4.58 Å². The number of fused-ring (bicyclic) bond motifs is 2. The first-order valence-corrected chi connectivity index (χ1v) is 14.0. The number of hydrogen-bond acceptors (Lipinski definition) is 2. The summed E-state index contributed by atoms with van der Waals surface area (Å²) in [6, 6.07) is 12.5. The Morgan fingerprint density at radius 3 is 2.39 bits per heavy atom. The zero-order valence-corrected chi connectivity index (χ0v) is 25.5. The summed E-state index contributed by atoms with van der Waals surface area (Å²) < 4.78 is 4.84. The minimum atomic E-state index is -0.841. The number of anilines is 1. The zero-order valence-electron chi connectivity index (χ0n) is 21.2. The average molecular weight is 705 g/mol. The Hall–Kier alpha value is -2.20. The van der Waals surface area contributed by atoms with Gasteiger partial charge in [-0.25, -0.2) is 0 Å². The van der Waals surface area contributed by atoms with E-state index in [-0.39, 0.29) is 17.4 Å². The van der Waals surface area contributed by atoms with Crippen LogP contribution in [-0.2, 0) is 15.6 Å². The molecule has 2 heterocycles. The van der Waals surface area contributed by atoms with Gasteiger partial charge in [0.2, 0.25) is 5.69 Å². The Kier molecular flexibility index (Phi) is 7.67. The molecule has 4 nitrogen and oxygen atoms in total. The third-order valence-corrected chi connectivity index (χ3v) is 8.54. The van der Waals surface area contributed by atoms with Crippen LogP contribution in [0.3, 0.4) is 0 Å². The predicted molar refractivity (Wildman–Crippen MR) is 166 cm³/mol. The van der Waals surface area contributed by atoms with Gasteiger partial charge in [0.1, 0.15) is 13.6 Å². The van der Waals surface area contributed by atoms with E-state index in [1.807, 2.05) is 53.5 Å². The maximum Gasteiger partial charge on any atom is 0.323 e. The second kappa shape index (κ2) is 10.3. The number of nitrogens with zero attached hydrogens (tertiary/aromatic N) is 2. The van der Waals surface area contributed by atoms with Crippen molar-refractivity contribution in [3.05, 3.63) is 103 Å². The molecule has 1 N–H and O–H groups in total. The van der Waals surface area contributed by atoms with Gasteiger partial charge in [0.05, 0.1) is 11.0 Å². The van der Waals surface area contributed by atoms with Crippen molar-refractivity contribution >= 4 is 68.2 Å². The number of carboxylic acids is 1. The van der Waals surface area contributed by atoms with Gasteiger partial charge in [-0.1, -0.05) is 62.4 Å². The molecule has 2 aromatic carbocycles. The number of benzene rings is 2. The molecular formula is C30H31I2N2O2+. The molecule has 0 amide bonds. The highest BCUT2D eigenvalue weighted by Gasteiger charge is 2.44. The van der Waals surface area contributed by atoms with Gasteiger partial charge < -0.3 is 10.0 Å². The van der Waals surface area contributed by atoms with Gasteiger partial charge in [0, 0.05) is 36.1 Å². The normalized spacial score (nSPS) is 19.3. The molecule has 0 radical (unpaired) electrons. The van der Waals surface area contributed by atoms with Gasteiger partial charge in [-0.05, 0) is 82.8 Å². The molecule has 0 fully saturated rings. The van der Waals surface area contributed by atoms with Crippen LogP contribution in [0.4, 0.5) is 11.4 Å². The molecule has 4 rings (SSSR count). The Labute approximate surface area is 241 Å². The van der Waals surface area contributed by atoms with E-state index in [4.69, 9.17) is 0 Å². The van der Waals surface area contributed by atoms with Crippen LogP contribution in [0, 0.1) is 7.14 Å². The molecule has 0 saturated heterocycles. The second-order valence-electron chi connectivity index (χ2n) is 10.2. The molecular weight excluding hydrogens is 674 g/mol. The maximum absolute atomic E-state index is 11.5. The molecule has 2 aliphatic rings. The standard InChI is InChI=1S/C30H30I2N2O2/c1-29(2)21-13-11-12-14-23(21)34(19-27(35)36)26(29)16-10-8-6-7-9-15-25-30(3,4)28-22(32)17-20(31)18-24(28)33(25)5/h6-18H,19H2,1-5H3/p+1. The minimum Gasteiger partial charge on any atom is -0.480 e. The van der Waals surface area contributed by atoms with Crippen molar-refractivity contribution in [3.63, 3.8) is 0 Å². The molecule has 0 bridgehead atoms. The number of allylic oxidation sites excluding steroid dienone is 8. The zero-order chi connectivity index (χ0) is 26.3. The van der Waals surface area contributed by atoms with Crippen molar-refractivity contribution in [2.75, 3.05) is 18.5 Å². The van der Waals surface area contributed by atoms with Crippen LogP contribution < -0.4 is 4.90 Å². The topological polar surface area (TPSA) is 43.5 Å². The molecule has 0 atom stereocenters. The monoisotopic (exact) mass is 705 g/mol. The highest BCUT2D eigenvalue weighted by atomic mass is 127. The highest BCUT2D eigenvalue weighted by Crippen LogP contribution is 2.47. The summed E-state index contributed by atoms with van der Waals surface area (Å²) in [7, 11) is 2.14. The Bertz CT molecular complexity index is 1380. The number of carbonyl (C=O) groups is 1. The van der Waals surface area contributed by atoms with Crippen LogP contribution in [0.5, 0.6) is 0 Å². The smallest absolute Gasteiger partial charge is 0.323 e. The van der Waals surface area contributed by atoms with Crippen molar-refractivity contribution in [1.29, 1.82) is 0 Å². The van der Waals surface area contributed by atoms with E-state index in [0.717, 1.165) is 16.9 Å². The number of hydrogen-bond donors (Lipinski definition) is 1. The Balaban J connectivity index is 1.52. The van der Waals surface area contributed by atoms with Gasteiger partial charge in [0.25, 0.3) is 0 Å². The van der Waals surface area contributed by atoms with Crippen LogP contribution in [0.15, 0.2) is 84.6 Å². The van der Waals surface area contributed by atoms with Crippen LogP contribution >= 0.6 is 45.2 Å². The van der Waals surface area contributed by atoms with Crippen LogP contribution in [-0.4, -0.2) is 35.0 Å². The molecule has 0 aliphatic carbocycles. The van der Waals surface area contributed by atoms with E-state index in [0.29, 0.717) is 0 Å². The molecule has 6 heteroatoms. The van der Waals surface area contributed by atoms with Crippen molar-refractivity contribution in [2.24, 2.45) is 0 Å². The Morgan fingerprint density at radius 2 is 1.67 bits per heavy atom. The molecule has 36 heavy (non-hydrogen) atoms. The van der Waals surface area contributed by atoms with E-state index >= 15 is 0 Å². The van der Waals surface area contributed by atoms with Gasteiger partial charge in [-0.15, -0.1) is 0 Å². The first-order chi connectivity index (χ1) is 17.0. The lowest BCUT2D eigenvalue weighted by Crippen LogP contribution is -2.30. The molecule has 0 unspecified atom stereocenters. The number of para-hydroxylation sites is 1. The summed E-state index contributed by atoms with van der Waals surface area (Å²) in [4.78, 5) is 13.4. The number of aliphatic carboxylic acids is 1. The third-order valence-electron chi connectivity index (χ3n) is 7.07. The summed E-state index contributed by atoms with van der Waals surface area (Å²) in [6.07, 6.45) is 14.3. The van der Waals surface area contributed by atoms with Crippen LogP contribution in [0.25, 0.3) is 0 Å². The van der Waals surface area contributed by atoms with E-state index < -0.39 is 5.97 Å². The highest BCUT2D eigenvalue weighted by molar-refractivity contribution is 14.1. The lowest BCUT2D eigenvalue weighted by molar-refractivity contribution is -0.401. The number of rotatable bonds is 6. The summed E-state index contributed by atoms with van der Waals surface area (Å²) in [6.45, 7) is 8.79. The molecule has 2 aliphatic heterocycles. The average Bonchev–Trinajstić information content (AvgIpc) is 3.12. The first kappa shape index (κ1) is 26.9. The summed E-state index contributed by atoms with van der Waals surface area (Å²) in [5.41, 5.74) is 6.70. The molecule has 0 aromatic heterocycles. The van der Waals surface area contributed by atoms with Gasteiger partial charge in [-0.3, -0.25) is 4.79 Å². The van der Waals surface area contributed by atoms with E-state index in [2.05, 4.69) is 115 Å². The van der Waals surface area contributed by atoms with Crippen LogP contribution in [0.2, 0.25) is 0 Å². The largest absolute Gasteiger partial charge is 0.480 e. The van der Waals surface area contributed by atoms with Crippen molar-refractivity contribution < 1.29 is 14.5 Å². The summed E-state index contributed by atoms with van der Waals surface area (Å²) in [5.74, 6) is -0.841. The SMILES string of the molecule is C[N+]1=C(/C=C/C=C/C=C/C=C2\N(CC(=O)O)c3ccccc3C2(C)C)C(C)(C)c2c(I)cc(I)cc21. The maximum atomic E-state index is 11.5. The first-order valence-electron chi connectivity index (χ1n) is 11.9. The van der Waals surface area contributed by atoms with E-state index in [1.54, 1.807) is 0 Å². The number of carboxylic acid groups (broad SMARTS) is 1. The summed E-state index contributed by atoms with van der Waals surface area (Å²) in [5, 5.41) is 9.48. The fraction of sp³-hybridized carbons (Fsp3) is 0.267. The molecule has 186 valence electrons. The van der Waals surface area contributed by atoms with Gasteiger partial charge in [0.15, 0.2) is 5.71 Å².